The van der Waals surface area contributed by atoms with Crippen LogP contribution in [0.4, 0.5) is 9.18 Å². The lowest BCUT2D eigenvalue weighted by molar-refractivity contribution is -0.0331. The Morgan fingerprint density at radius 1 is 1.10 bits per heavy atom. The predicted octanol–water partition coefficient (Wildman–Crippen LogP) is 5.57. The Hall–Kier alpha value is -3.54. The molecule has 4 heterocycles. The molecule has 0 saturated carbocycles. The van der Waals surface area contributed by atoms with Gasteiger partial charge in [-0.2, -0.15) is 0 Å². The number of hydrogen-bond donors (Lipinski definition) is 1. The van der Waals surface area contributed by atoms with Gasteiger partial charge in [0.25, 0.3) is 5.91 Å². The maximum atomic E-state index is 15.5. The topological polar surface area (TPSA) is 94.4 Å². The molecule has 0 aliphatic carbocycles. The number of benzene rings is 2. The highest BCUT2D eigenvalue weighted by Crippen LogP contribution is 2.33. The molecule has 2 fully saturated rings. The normalized spacial score (nSPS) is 18.6. The molecule has 9 nitrogen and oxygen atoms in total. The van der Waals surface area contributed by atoms with Crippen molar-refractivity contribution >= 4 is 38.5 Å². The molecule has 2 aromatic carbocycles. The number of rotatable bonds is 4. The number of ether oxygens (including phenoxy) is 3. The third kappa shape index (κ3) is 5.79. The van der Waals surface area contributed by atoms with Crippen LogP contribution in [-0.4, -0.2) is 70.9 Å². The highest BCUT2D eigenvalue weighted by Gasteiger charge is 2.32. The molecule has 2 saturated heterocycles. The van der Waals surface area contributed by atoms with Crippen LogP contribution in [-0.2, 0) is 14.2 Å². The Morgan fingerprint density at radius 2 is 1.90 bits per heavy atom. The fourth-order valence-electron chi connectivity index (χ4n) is 5.25. The van der Waals surface area contributed by atoms with Crippen LogP contribution in [0.2, 0.25) is 0 Å². The zero-order valence-electron chi connectivity index (χ0n) is 23.3. The third-order valence-electron chi connectivity index (χ3n) is 7.32. The number of morpholine rings is 1. The van der Waals surface area contributed by atoms with Crippen LogP contribution in [0.3, 0.4) is 0 Å². The SMILES string of the molecule is CC(C)(C)OC(=O)N1CCOCC1c1ccc(-c2cn3c(n2)sc2cc(C(=O)NC4CCOCC4)ccc23)c(F)c1. The van der Waals surface area contributed by atoms with Crippen LogP contribution in [0.15, 0.2) is 42.6 Å². The standard InChI is InChI=1S/C30H33FN4O5S/c1-30(2,3)40-29(37)34-10-13-39-17-25(34)18-4-6-21(22(31)14-18)23-16-35-24-7-5-19(15-26(24)41-28(35)33-23)27(36)32-20-8-11-38-12-9-20/h4-7,14-16,20,25H,8-13,17H2,1-3H3,(H,32,36). The Bertz CT molecular complexity index is 1600. The van der Waals surface area contributed by atoms with Gasteiger partial charge in [0, 0.05) is 43.1 Å². The average molecular weight is 581 g/mol. The van der Waals surface area contributed by atoms with Crippen molar-refractivity contribution in [3.05, 3.63) is 59.5 Å². The minimum Gasteiger partial charge on any atom is -0.444 e. The summed E-state index contributed by atoms with van der Waals surface area (Å²) in [6.07, 6.45) is 3.00. The van der Waals surface area contributed by atoms with Gasteiger partial charge in [-0.15, -0.1) is 0 Å². The Balaban J connectivity index is 1.23. The number of fused-ring (bicyclic) bond motifs is 3. The van der Waals surface area contributed by atoms with Gasteiger partial charge in [-0.25, -0.2) is 14.2 Å². The number of carbonyl (C=O) groups excluding carboxylic acids is 2. The largest absolute Gasteiger partial charge is 0.444 e. The number of imidazole rings is 1. The summed E-state index contributed by atoms with van der Waals surface area (Å²) >= 11 is 1.45. The summed E-state index contributed by atoms with van der Waals surface area (Å²) in [6.45, 7) is 7.81. The lowest BCUT2D eigenvalue weighted by Gasteiger charge is -2.36. The van der Waals surface area contributed by atoms with Crippen molar-refractivity contribution in [2.75, 3.05) is 33.0 Å². The Labute approximate surface area is 241 Å². The van der Waals surface area contributed by atoms with Gasteiger partial charge in [-0.3, -0.25) is 14.1 Å². The van der Waals surface area contributed by atoms with Crippen LogP contribution in [0.5, 0.6) is 0 Å². The summed E-state index contributed by atoms with van der Waals surface area (Å²) in [5.41, 5.74) is 2.37. The van der Waals surface area contributed by atoms with Gasteiger partial charge in [0.05, 0.1) is 35.2 Å². The van der Waals surface area contributed by atoms with Crippen molar-refractivity contribution in [1.29, 1.82) is 0 Å². The van der Waals surface area contributed by atoms with E-state index in [0.717, 1.165) is 23.1 Å². The maximum absolute atomic E-state index is 15.5. The van der Waals surface area contributed by atoms with Crippen molar-refractivity contribution in [3.63, 3.8) is 0 Å². The number of amides is 2. The van der Waals surface area contributed by atoms with E-state index in [4.69, 9.17) is 19.2 Å². The molecule has 1 unspecified atom stereocenters. The second kappa shape index (κ2) is 11.0. The second-order valence-corrected chi connectivity index (χ2v) is 12.4. The third-order valence-corrected chi connectivity index (χ3v) is 8.34. The first-order valence-corrected chi connectivity index (χ1v) is 14.7. The predicted molar refractivity (Wildman–Crippen MR) is 154 cm³/mol. The number of carbonyl (C=O) groups is 2. The number of thiazole rings is 1. The van der Waals surface area contributed by atoms with E-state index in [1.807, 2.05) is 49.6 Å². The highest BCUT2D eigenvalue weighted by atomic mass is 32.1. The first-order valence-electron chi connectivity index (χ1n) is 13.8. The molecule has 2 aromatic heterocycles. The summed E-state index contributed by atoms with van der Waals surface area (Å²) in [6, 6.07) is 10.2. The van der Waals surface area contributed by atoms with Crippen molar-refractivity contribution in [3.8, 4) is 11.3 Å². The maximum Gasteiger partial charge on any atom is 0.410 e. The molecule has 6 rings (SSSR count). The second-order valence-electron chi connectivity index (χ2n) is 11.4. The summed E-state index contributed by atoms with van der Waals surface area (Å²) in [7, 11) is 0. The zero-order chi connectivity index (χ0) is 28.7. The molecular formula is C30H33FN4O5S. The van der Waals surface area contributed by atoms with Gasteiger partial charge >= 0.3 is 6.09 Å². The lowest BCUT2D eigenvalue weighted by atomic mass is 10.0. The summed E-state index contributed by atoms with van der Waals surface area (Å²) < 4.78 is 34.9. The van der Waals surface area contributed by atoms with E-state index in [1.165, 1.54) is 17.4 Å². The fraction of sp³-hybridized carbons (Fsp3) is 0.433. The van der Waals surface area contributed by atoms with Crippen molar-refractivity contribution in [1.82, 2.24) is 19.6 Å². The minimum absolute atomic E-state index is 0.0960. The number of nitrogens with one attached hydrogen (secondary N) is 1. The first-order chi connectivity index (χ1) is 19.7. The smallest absolute Gasteiger partial charge is 0.410 e. The van der Waals surface area contributed by atoms with Crippen LogP contribution in [0, 0.1) is 5.82 Å². The number of hydrogen-bond acceptors (Lipinski definition) is 7. The molecule has 2 aliphatic rings. The van der Waals surface area contributed by atoms with E-state index < -0.39 is 23.6 Å². The van der Waals surface area contributed by atoms with E-state index in [9.17, 15) is 9.59 Å². The van der Waals surface area contributed by atoms with Crippen LogP contribution in [0.25, 0.3) is 26.4 Å². The van der Waals surface area contributed by atoms with E-state index in [2.05, 4.69) is 5.32 Å². The van der Waals surface area contributed by atoms with E-state index in [-0.39, 0.29) is 18.6 Å². The molecule has 1 atom stereocenters. The lowest BCUT2D eigenvalue weighted by Crippen LogP contribution is -2.45. The molecule has 216 valence electrons. The summed E-state index contributed by atoms with van der Waals surface area (Å²) in [5, 5.41) is 3.10. The average Bonchev–Trinajstić information content (AvgIpc) is 3.50. The van der Waals surface area contributed by atoms with E-state index in [0.29, 0.717) is 53.7 Å². The van der Waals surface area contributed by atoms with Gasteiger partial charge in [0.2, 0.25) is 0 Å². The molecule has 0 bridgehead atoms. The van der Waals surface area contributed by atoms with Gasteiger partial charge in [-0.1, -0.05) is 17.4 Å². The Kier molecular flexibility index (Phi) is 7.43. The summed E-state index contributed by atoms with van der Waals surface area (Å²) in [5.74, 6) is -0.527. The van der Waals surface area contributed by atoms with Crippen molar-refractivity contribution < 1.29 is 28.2 Å². The molecular weight excluding hydrogens is 547 g/mol. The van der Waals surface area contributed by atoms with Crippen LogP contribution >= 0.6 is 11.3 Å². The zero-order valence-corrected chi connectivity index (χ0v) is 24.1. The van der Waals surface area contributed by atoms with Gasteiger partial charge in [0.1, 0.15) is 11.4 Å². The minimum atomic E-state index is -0.633. The molecule has 2 aliphatic heterocycles. The number of halogens is 1. The molecule has 4 aromatic rings. The first kappa shape index (κ1) is 27.6. The molecule has 0 spiro atoms. The summed E-state index contributed by atoms with van der Waals surface area (Å²) in [4.78, 5) is 32.6. The molecule has 1 N–H and O–H groups in total. The number of aromatic nitrogens is 2. The van der Waals surface area contributed by atoms with Crippen molar-refractivity contribution in [2.24, 2.45) is 0 Å². The number of nitrogens with zero attached hydrogens (tertiary/aromatic N) is 3. The fourth-order valence-corrected chi connectivity index (χ4v) is 6.29. The van der Waals surface area contributed by atoms with E-state index in [1.54, 1.807) is 17.0 Å². The van der Waals surface area contributed by atoms with Gasteiger partial charge < -0.3 is 19.5 Å². The molecule has 41 heavy (non-hydrogen) atoms. The molecule has 11 heteroatoms. The Morgan fingerprint density at radius 3 is 2.66 bits per heavy atom. The highest BCUT2D eigenvalue weighted by molar-refractivity contribution is 7.23. The van der Waals surface area contributed by atoms with E-state index >= 15 is 4.39 Å². The van der Waals surface area contributed by atoms with Crippen LogP contribution < -0.4 is 5.32 Å². The van der Waals surface area contributed by atoms with Gasteiger partial charge in [0.15, 0.2) is 4.96 Å². The molecule has 2 amide bonds. The van der Waals surface area contributed by atoms with Crippen LogP contribution in [0.1, 0.15) is 55.6 Å². The monoisotopic (exact) mass is 580 g/mol. The van der Waals surface area contributed by atoms with Crippen molar-refractivity contribution in [2.45, 2.75) is 51.3 Å². The van der Waals surface area contributed by atoms with Gasteiger partial charge in [-0.05, 0) is 69.5 Å². The quantitative estimate of drug-likeness (QED) is 0.339. The molecule has 0 radical (unpaired) electrons.